The van der Waals surface area contributed by atoms with E-state index in [0.717, 1.165) is 10.5 Å². The van der Waals surface area contributed by atoms with Crippen LogP contribution in [0.3, 0.4) is 0 Å². The number of ether oxygens (including phenoxy) is 2. The smallest absolute Gasteiger partial charge is 0.333 e. The van der Waals surface area contributed by atoms with Crippen LogP contribution in [0.25, 0.3) is 6.08 Å². The van der Waals surface area contributed by atoms with Crippen LogP contribution in [0.4, 0.5) is 10.5 Å². The van der Waals surface area contributed by atoms with Crippen molar-refractivity contribution in [2.24, 2.45) is 0 Å². The van der Waals surface area contributed by atoms with E-state index in [0.29, 0.717) is 33.3 Å². The molecule has 0 spiro atoms. The first-order valence-electron chi connectivity index (χ1n) is 9.91. The van der Waals surface area contributed by atoms with Crippen molar-refractivity contribution >= 4 is 35.3 Å². The van der Waals surface area contributed by atoms with E-state index in [-0.39, 0.29) is 12.3 Å². The molecule has 0 bridgehead atoms. The lowest BCUT2D eigenvalue weighted by Gasteiger charge is -2.12. The molecule has 0 aromatic heterocycles. The van der Waals surface area contributed by atoms with Crippen LogP contribution in [0.2, 0.25) is 5.02 Å². The van der Waals surface area contributed by atoms with Gasteiger partial charge in [-0.05, 0) is 54.1 Å². The molecule has 164 valence electrons. The van der Waals surface area contributed by atoms with Crippen molar-refractivity contribution in [3.63, 3.8) is 0 Å². The van der Waals surface area contributed by atoms with Crippen molar-refractivity contribution in [2.75, 3.05) is 12.0 Å². The molecule has 0 saturated carbocycles. The SMILES string of the molecule is COc1cc(/C=C2/NC(=O)N(c3ccc(Cl)cc3)C2=O)ccc1OCc1ccccc1C#N. The molecule has 8 heteroatoms. The lowest BCUT2D eigenvalue weighted by atomic mass is 10.1. The quantitative estimate of drug-likeness (QED) is 0.418. The van der Waals surface area contributed by atoms with E-state index >= 15 is 0 Å². The van der Waals surface area contributed by atoms with Crippen LogP contribution in [0.5, 0.6) is 11.5 Å². The van der Waals surface area contributed by atoms with Crippen LogP contribution in [-0.4, -0.2) is 19.0 Å². The Balaban J connectivity index is 1.54. The summed E-state index contributed by atoms with van der Waals surface area (Å²) in [6.07, 6.45) is 1.56. The number of imide groups is 1. The number of nitrogens with zero attached hydrogens (tertiary/aromatic N) is 2. The van der Waals surface area contributed by atoms with E-state index in [1.807, 2.05) is 12.1 Å². The molecule has 0 atom stereocenters. The van der Waals surface area contributed by atoms with Gasteiger partial charge in [-0.3, -0.25) is 4.79 Å². The van der Waals surface area contributed by atoms with Gasteiger partial charge in [0.25, 0.3) is 5.91 Å². The topological polar surface area (TPSA) is 91.7 Å². The Morgan fingerprint density at radius 2 is 1.82 bits per heavy atom. The highest BCUT2D eigenvalue weighted by atomic mass is 35.5. The number of urea groups is 1. The number of hydrogen-bond acceptors (Lipinski definition) is 5. The van der Waals surface area contributed by atoms with Gasteiger partial charge in [-0.2, -0.15) is 5.26 Å². The number of rotatable bonds is 6. The molecule has 1 heterocycles. The Kier molecular flexibility index (Phi) is 6.29. The van der Waals surface area contributed by atoms with Gasteiger partial charge in [0.15, 0.2) is 11.5 Å². The molecule has 0 unspecified atom stereocenters. The van der Waals surface area contributed by atoms with Gasteiger partial charge >= 0.3 is 6.03 Å². The summed E-state index contributed by atoms with van der Waals surface area (Å²) in [5, 5.41) is 12.3. The van der Waals surface area contributed by atoms with E-state index < -0.39 is 11.9 Å². The number of methoxy groups -OCH3 is 1. The van der Waals surface area contributed by atoms with Crippen molar-refractivity contribution in [2.45, 2.75) is 6.61 Å². The molecule has 1 saturated heterocycles. The number of halogens is 1. The van der Waals surface area contributed by atoms with E-state index in [1.165, 1.54) is 7.11 Å². The summed E-state index contributed by atoms with van der Waals surface area (Å²) in [6, 6.07) is 20.3. The maximum absolute atomic E-state index is 12.8. The predicted molar refractivity (Wildman–Crippen MR) is 124 cm³/mol. The summed E-state index contributed by atoms with van der Waals surface area (Å²) in [5.41, 5.74) is 2.49. The van der Waals surface area contributed by atoms with Crippen LogP contribution >= 0.6 is 11.6 Å². The van der Waals surface area contributed by atoms with Gasteiger partial charge in [0.1, 0.15) is 12.3 Å². The number of nitriles is 1. The summed E-state index contributed by atoms with van der Waals surface area (Å²) < 4.78 is 11.3. The maximum atomic E-state index is 12.8. The van der Waals surface area contributed by atoms with Gasteiger partial charge in [0.2, 0.25) is 0 Å². The van der Waals surface area contributed by atoms with E-state index in [4.69, 9.17) is 21.1 Å². The van der Waals surface area contributed by atoms with E-state index in [9.17, 15) is 14.9 Å². The third kappa shape index (κ3) is 4.66. The maximum Gasteiger partial charge on any atom is 0.333 e. The predicted octanol–water partition coefficient (Wildman–Crippen LogP) is 4.90. The van der Waals surface area contributed by atoms with Gasteiger partial charge in [0.05, 0.1) is 24.4 Å². The second kappa shape index (κ2) is 9.47. The van der Waals surface area contributed by atoms with E-state index in [2.05, 4.69) is 11.4 Å². The average molecular weight is 460 g/mol. The fourth-order valence-electron chi connectivity index (χ4n) is 3.33. The molecule has 1 fully saturated rings. The summed E-state index contributed by atoms with van der Waals surface area (Å²) in [5.74, 6) is 0.455. The lowest BCUT2D eigenvalue weighted by molar-refractivity contribution is -0.113. The summed E-state index contributed by atoms with van der Waals surface area (Å²) in [7, 11) is 1.51. The highest BCUT2D eigenvalue weighted by Gasteiger charge is 2.34. The molecule has 3 aromatic rings. The number of amides is 3. The second-order valence-electron chi connectivity index (χ2n) is 7.07. The zero-order chi connectivity index (χ0) is 23.4. The third-order valence-electron chi connectivity index (χ3n) is 4.98. The largest absolute Gasteiger partial charge is 0.493 e. The highest BCUT2D eigenvalue weighted by molar-refractivity contribution is 6.31. The first-order chi connectivity index (χ1) is 16.0. The molecule has 3 amide bonds. The first-order valence-corrected chi connectivity index (χ1v) is 10.3. The van der Waals surface area contributed by atoms with Crippen molar-refractivity contribution in [3.05, 3.63) is 94.1 Å². The fourth-order valence-corrected chi connectivity index (χ4v) is 3.46. The van der Waals surface area contributed by atoms with Crippen LogP contribution in [0.1, 0.15) is 16.7 Å². The number of hydrogen-bond donors (Lipinski definition) is 1. The first kappa shape index (κ1) is 21.9. The van der Waals surface area contributed by atoms with Crippen molar-refractivity contribution in [3.8, 4) is 17.6 Å². The lowest BCUT2D eigenvalue weighted by Crippen LogP contribution is -2.30. The molecule has 7 nitrogen and oxygen atoms in total. The van der Waals surface area contributed by atoms with Crippen LogP contribution in [-0.2, 0) is 11.4 Å². The van der Waals surface area contributed by atoms with Crippen LogP contribution in [0.15, 0.2) is 72.4 Å². The minimum Gasteiger partial charge on any atom is -0.493 e. The number of anilines is 1. The average Bonchev–Trinajstić information content (AvgIpc) is 3.11. The molecular weight excluding hydrogens is 442 g/mol. The third-order valence-corrected chi connectivity index (χ3v) is 5.23. The Morgan fingerprint density at radius 1 is 1.06 bits per heavy atom. The Morgan fingerprint density at radius 3 is 2.55 bits per heavy atom. The summed E-state index contributed by atoms with van der Waals surface area (Å²) >= 11 is 5.89. The van der Waals surface area contributed by atoms with E-state index in [1.54, 1.807) is 60.7 Å². The zero-order valence-electron chi connectivity index (χ0n) is 17.5. The minimum absolute atomic E-state index is 0.133. The summed E-state index contributed by atoms with van der Waals surface area (Å²) in [6.45, 7) is 0.200. The Hall–Kier alpha value is -4.28. The van der Waals surface area contributed by atoms with Gasteiger partial charge in [-0.15, -0.1) is 0 Å². The minimum atomic E-state index is -0.545. The molecule has 1 N–H and O–H groups in total. The van der Waals surface area contributed by atoms with Crippen LogP contribution < -0.4 is 19.7 Å². The molecule has 0 radical (unpaired) electrons. The molecular formula is C25H18ClN3O4. The normalized spacial score (nSPS) is 14.2. The van der Waals surface area contributed by atoms with Crippen molar-refractivity contribution in [1.82, 2.24) is 5.32 Å². The number of benzene rings is 3. The monoisotopic (exact) mass is 459 g/mol. The van der Waals surface area contributed by atoms with Gasteiger partial charge in [0, 0.05) is 10.6 Å². The fraction of sp³-hybridized carbons (Fsp3) is 0.0800. The second-order valence-corrected chi connectivity index (χ2v) is 7.51. The van der Waals surface area contributed by atoms with Crippen molar-refractivity contribution in [1.29, 1.82) is 5.26 Å². The van der Waals surface area contributed by atoms with Gasteiger partial charge < -0.3 is 14.8 Å². The number of carbonyl (C=O) groups is 2. The molecule has 33 heavy (non-hydrogen) atoms. The highest BCUT2D eigenvalue weighted by Crippen LogP contribution is 2.31. The molecule has 1 aliphatic heterocycles. The standard InChI is InChI=1S/C25H18ClN3O4/c1-32-23-13-16(6-11-22(23)33-15-18-5-3-2-4-17(18)14-27)12-21-24(30)29(25(31)28-21)20-9-7-19(26)8-10-20/h2-13H,15H2,1H3,(H,28,31)/b21-12+. The van der Waals surface area contributed by atoms with Crippen LogP contribution in [0, 0.1) is 11.3 Å². The summed E-state index contributed by atoms with van der Waals surface area (Å²) in [4.78, 5) is 26.2. The molecule has 1 aliphatic rings. The van der Waals surface area contributed by atoms with Gasteiger partial charge in [-0.25, -0.2) is 9.69 Å². The molecule has 0 aliphatic carbocycles. The number of carbonyl (C=O) groups excluding carboxylic acids is 2. The molecule has 4 rings (SSSR count). The zero-order valence-corrected chi connectivity index (χ0v) is 18.3. The van der Waals surface area contributed by atoms with Crippen molar-refractivity contribution < 1.29 is 19.1 Å². The Bertz CT molecular complexity index is 1300. The Labute approximate surface area is 195 Å². The number of nitrogens with one attached hydrogen (secondary N) is 1. The van der Waals surface area contributed by atoms with Gasteiger partial charge in [-0.1, -0.05) is 35.9 Å². The molecule has 3 aromatic carbocycles.